The largest absolute Gasteiger partial charge is 0.486 e. The summed E-state index contributed by atoms with van der Waals surface area (Å²) in [5.41, 5.74) is 3.28. The summed E-state index contributed by atoms with van der Waals surface area (Å²) in [5, 5.41) is 4.75. The molecule has 0 spiro atoms. The molecule has 174 valence electrons. The molecule has 0 fully saturated rings. The summed E-state index contributed by atoms with van der Waals surface area (Å²) in [4.78, 5) is 4.32. The van der Waals surface area contributed by atoms with Gasteiger partial charge in [0.2, 0.25) is 10.0 Å². The highest BCUT2D eigenvalue weighted by Crippen LogP contribution is 2.34. The summed E-state index contributed by atoms with van der Waals surface area (Å²) >= 11 is 0. The number of hydrogen-bond donors (Lipinski definition) is 2. The minimum atomic E-state index is -3.61. The quantitative estimate of drug-likeness (QED) is 0.378. The number of nitrogens with zero attached hydrogens (tertiary/aromatic N) is 1. The molecule has 8 heteroatoms. The van der Waals surface area contributed by atoms with Crippen LogP contribution in [0.2, 0.25) is 0 Å². The summed E-state index contributed by atoms with van der Waals surface area (Å²) in [7, 11) is -3.61. The van der Waals surface area contributed by atoms with E-state index in [9.17, 15) is 8.42 Å². The number of ether oxygens (including phenoxy) is 2. The van der Waals surface area contributed by atoms with Crippen LogP contribution in [0.4, 0.5) is 0 Å². The van der Waals surface area contributed by atoms with E-state index in [1.807, 2.05) is 24.3 Å². The first-order valence-corrected chi connectivity index (χ1v) is 12.6. The first-order valence-electron chi connectivity index (χ1n) is 11.1. The summed E-state index contributed by atoms with van der Waals surface area (Å²) < 4.78 is 39.5. The summed E-state index contributed by atoms with van der Waals surface area (Å²) in [6, 6.07) is 21.1. The maximum atomic E-state index is 12.8. The summed E-state index contributed by atoms with van der Waals surface area (Å²) in [6.07, 6.45) is 3.26. The van der Waals surface area contributed by atoms with Crippen LogP contribution in [0.25, 0.3) is 21.9 Å². The van der Waals surface area contributed by atoms with Gasteiger partial charge in [-0.15, -0.1) is 0 Å². The smallest absolute Gasteiger partial charge is 0.241 e. The standard InChI is InChI=1S/C26H25N3O4S/c30-34(31,26-3-1-2-22-18-27-11-10-23(22)26)29-13-12-28-17-19-4-6-20(7-5-19)21-8-9-24-25(16-21)33-15-14-32-24/h1-11,16,18,28-29H,12-15,17H2. The van der Waals surface area contributed by atoms with Gasteiger partial charge in [-0.3, -0.25) is 4.98 Å². The maximum Gasteiger partial charge on any atom is 0.241 e. The third-order valence-electron chi connectivity index (χ3n) is 5.68. The number of rotatable bonds is 8. The maximum absolute atomic E-state index is 12.8. The summed E-state index contributed by atoms with van der Waals surface area (Å²) in [5.74, 6) is 1.56. The monoisotopic (exact) mass is 475 g/mol. The Kier molecular flexibility index (Phi) is 6.44. The van der Waals surface area contributed by atoms with E-state index in [1.165, 1.54) is 0 Å². The molecule has 0 aliphatic carbocycles. The van der Waals surface area contributed by atoms with Gasteiger partial charge in [0.05, 0.1) is 4.90 Å². The van der Waals surface area contributed by atoms with Crippen molar-refractivity contribution in [2.75, 3.05) is 26.3 Å². The normalized spacial score (nSPS) is 13.2. The van der Waals surface area contributed by atoms with Gasteiger partial charge in [0.1, 0.15) is 13.2 Å². The van der Waals surface area contributed by atoms with Crippen molar-refractivity contribution in [3.05, 3.63) is 84.7 Å². The van der Waals surface area contributed by atoms with Crippen LogP contribution in [0.15, 0.2) is 84.0 Å². The fourth-order valence-electron chi connectivity index (χ4n) is 3.95. The average molecular weight is 476 g/mol. The van der Waals surface area contributed by atoms with E-state index in [-0.39, 0.29) is 4.90 Å². The summed E-state index contributed by atoms with van der Waals surface area (Å²) in [6.45, 7) is 2.59. The zero-order valence-electron chi connectivity index (χ0n) is 18.5. The van der Waals surface area contributed by atoms with Crippen LogP contribution in [0, 0.1) is 0 Å². The van der Waals surface area contributed by atoms with Crippen molar-refractivity contribution >= 4 is 20.8 Å². The molecule has 1 aliphatic rings. The molecule has 0 radical (unpaired) electrons. The molecule has 7 nitrogen and oxygen atoms in total. The molecule has 34 heavy (non-hydrogen) atoms. The number of aromatic nitrogens is 1. The molecule has 0 amide bonds. The number of fused-ring (bicyclic) bond motifs is 2. The Morgan fingerprint density at radius 2 is 1.65 bits per heavy atom. The van der Waals surface area contributed by atoms with Crippen LogP contribution < -0.4 is 19.5 Å². The predicted octanol–water partition coefficient (Wildman–Crippen LogP) is 3.74. The average Bonchev–Trinajstić information content (AvgIpc) is 2.88. The Balaban J connectivity index is 1.14. The Labute approximate surface area is 198 Å². The topological polar surface area (TPSA) is 89.6 Å². The van der Waals surface area contributed by atoms with Gasteiger partial charge in [0.25, 0.3) is 0 Å². The lowest BCUT2D eigenvalue weighted by molar-refractivity contribution is 0.171. The van der Waals surface area contributed by atoms with Crippen LogP contribution in [-0.2, 0) is 16.6 Å². The minimum Gasteiger partial charge on any atom is -0.486 e. The highest BCUT2D eigenvalue weighted by molar-refractivity contribution is 7.89. The highest BCUT2D eigenvalue weighted by atomic mass is 32.2. The lowest BCUT2D eigenvalue weighted by Crippen LogP contribution is -2.31. The van der Waals surface area contributed by atoms with E-state index >= 15 is 0 Å². The Morgan fingerprint density at radius 3 is 2.50 bits per heavy atom. The van der Waals surface area contributed by atoms with Gasteiger partial charge in [-0.2, -0.15) is 0 Å². The fraction of sp³-hybridized carbons (Fsp3) is 0.192. The highest BCUT2D eigenvalue weighted by Gasteiger charge is 2.16. The van der Waals surface area contributed by atoms with Crippen molar-refractivity contribution in [1.82, 2.24) is 15.0 Å². The zero-order chi connectivity index (χ0) is 23.4. The van der Waals surface area contributed by atoms with Crippen LogP contribution in [0.3, 0.4) is 0 Å². The van der Waals surface area contributed by atoms with Gasteiger partial charge >= 0.3 is 0 Å². The molecule has 0 bridgehead atoms. The fourth-order valence-corrected chi connectivity index (χ4v) is 5.21. The number of pyridine rings is 1. The van der Waals surface area contributed by atoms with Gasteiger partial charge in [0.15, 0.2) is 11.5 Å². The number of benzene rings is 3. The molecular formula is C26H25N3O4S. The van der Waals surface area contributed by atoms with E-state index in [4.69, 9.17) is 9.47 Å². The first kappa shape index (κ1) is 22.3. The predicted molar refractivity (Wildman–Crippen MR) is 132 cm³/mol. The molecule has 5 rings (SSSR count). The van der Waals surface area contributed by atoms with Crippen molar-refractivity contribution in [2.24, 2.45) is 0 Å². The lowest BCUT2D eigenvalue weighted by atomic mass is 10.0. The van der Waals surface area contributed by atoms with E-state index in [0.29, 0.717) is 38.2 Å². The van der Waals surface area contributed by atoms with Gasteiger partial charge in [-0.1, -0.05) is 42.5 Å². The molecule has 2 N–H and O–H groups in total. The van der Waals surface area contributed by atoms with E-state index in [1.54, 1.807) is 30.6 Å². The first-order chi connectivity index (χ1) is 16.6. The molecule has 0 atom stereocenters. The Bertz CT molecular complexity index is 1400. The van der Waals surface area contributed by atoms with E-state index < -0.39 is 10.0 Å². The molecule has 0 saturated carbocycles. The Hall–Kier alpha value is -3.46. The van der Waals surface area contributed by atoms with Crippen molar-refractivity contribution in [3.8, 4) is 22.6 Å². The molecule has 1 aliphatic heterocycles. The van der Waals surface area contributed by atoms with Crippen molar-refractivity contribution in [1.29, 1.82) is 0 Å². The third kappa shape index (κ3) is 4.89. The van der Waals surface area contributed by atoms with Crippen molar-refractivity contribution < 1.29 is 17.9 Å². The second-order valence-corrected chi connectivity index (χ2v) is 9.72. The molecule has 3 aromatic carbocycles. The molecule has 2 heterocycles. The van der Waals surface area contributed by atoms with Crippen LogP contribution in [-0.4, -0.2) is 39.7 Å². The van der Waals surface area contributed by atoms with Gasteiger partial charge in [0, 0.05) is 42.8 Å². The van der Waals surface area contributed by atoms with E-state index in [2.05, 4.69) is 39.3 Å². The second-order valence-electron chi connectivity index (χ2n) is 7.98. The van der Waals surface area contributed by atoms with E-state index in [0.717, 1.165) is 33.6 Å². The number of nitrogens with one attached hydrogen (secondary N) is 2. The van der Waals surface area contributed by atoms with Crippen molar-refractivity contribution in [2.45, 2.75) is 11.4 Å². The third-order valence-corrected chi connectivity index (χ3v) is 7.20. The zero-order valence-corrected chi connectivity index (χ0v) is 19.3. The minimum absolute atomic E-state index is 0.266. The van der Waals surface area contributed by atoms with Gasteiger partial charge in [-0.05, 0) is 41.0 Å². The van der Waals surface area contributed by atoms with Crippen molar-refractivity contribution in [3.63, 3.8) is 0 Å². The molecule has 0 unspecified atom stereocenters. The molecule has 4 aromatic rings. The molecule has 0 saturated heterocycles. The van der Waals surface area contributed by atoms with Gasteiger partial charge < -0.3 is 14.8 Å². The van der Waals surface area contributed by atoms with Gasteiger partial charge in [-0.25, -0.2) is 13.1 Å². The number of sulfonamides is 1. The van der Waals surface area contributed by atoms with Crippen LogP contribution in [0.1, 0.15) is 5.56 Å². The van der Waals surface area contributed by atoms with Crippen LogP contribution >= 0.6 is 0 Å². The van der Waals surface area contributed by atoms with Crippen LogP contribution in [0.5, 0.6) is 11.5 Å². The number of hydrogen-bond acceptors (Lipinski definition) is 6. The SMILES string of the molecule is O=S(=O)(NCCNCc1ccc(-c2ccc3c(c2)OCCO3)cc1)c1cccc2cnccc12. The lowest BCUT2D eigenvalue weighted by Gasteiger charge is -2.19. The second kappa shape index (κ2) is 9.80. The Morgan fingerprint density at radius 1 is 0.853 bits per heavy atom. The molecule has 1 aromatic heterocycles. The molecular weight excluding hydrogens is 450 g/mol.